The first-order valence-electron chi connectivity index (χ1n) is 5.56. The van der Waals surface area contributed by atoms with E-state index in [1.807, 2.05) is 0 Å². The number of hydrogen-bond donors (Lipinski definition) is 1. The average Bonchev–Trinajstić information content (AvgIpc) is 2.32. The van der Waals surface area contributed by atoms with Gasteiger partial charge in [-0.2, -0.15) is 0 Å². The summed E-state index contributed by atoms with van der Waals surface area (Å²) in [7, 11) is 1.35. The summed E-state index contributed by atoms with van der Waals surface area (Å²) in [6, 6.07) is 2.07. The van der Waals surface area contributed by atoms with Crippen molar-refractivity contribution in [3.8, 4) is 0 Å². The van der Waals surface area contributed by atoms with Crippen molar-refractivity contribution >= 4 is 17.7 Å². The van der Waals surface area contributed by atoms with Crippen LogP contribution in [0.25, 0.3) is 0 Å². The fourth-order valence-electron chi connectivity index (χ4n) is 1.27. The highest BCUT2D eigenvalue weighted by atomic mass is 19.1. The number of carbonyl (C=O) groups excluding carboxylic acids is 2. The van der Waals surface area contributed by atoms with Crippen LogP contribution in [0.2, 0.25) is 0 Å². The molecule has 0 fully saturated rings. The van der Waals surface area contributed by atoms with Crippen molar-refractivity contribution in [3.63, 3.8) is 0 Å². The van der Waals surface area contributed by atoms with Gasteiger partial charge < -0.3 is 15.0 Å². The number of hydrogen-bond acceptors (Lipinski definition) is 3. The number of esters is 1. The largest absolute Gasteiger partial charge is 0.465 e. The molecule has 19 heavy (non-hydrogen) atoms. The normalized spacial score (nSPS) is 9.89. The Labute approximate surface area is 109 Å². The van der Waals surface area contributed by atoms with Gasteiger partial charge in [0.1, 0.15) is 18.2 Å². The molecule has 5 nitrogen and oxygen atoms in total. The third kappa shape index (κ3) is 4.53. The van der Waals surface area contributed by atoms with E-state index in [-0.39, 0.29) is 18.8 Å². The van der Waals surface area contributed by atoms with Crippen LogP contribution >= 0.6 is 0 Å². The maximum Gasteiger partial charge on any atom is 0.325 e. The summed E-state index contributed by atoms with van der Waals surface area (Å²) in [5.74, 6) is -2.20. The van der Waals surface area contributed by atoms with E-state index < -0.39 is 23.6 Å². The quantitative estimate of drug-likeness (QED) is 0.853. The first-order valence-corrected chi connectivity index (χ1v) is 5.56. The lowest BCUT2D eigenvalue weighted by Crippen LogP contribution is -2.36. The van der Waals surface area contributed by atoms with Gasteiger partial charge in [-0.25, -0.2) is 13.6 Å². The predicted molar refractivity (Wildman–Crippen MR) is 64.6 cm³/mol. The third-order valence-electron chi connectivity index (χ3n) is 2.19. The molecular formula is C12H14F2N2O3. The van der Waals surface area contributed by atoms with Crippen LogP contribution < -0.4 is 5.32 Å². The van der Waals surface area contributed by atoms with Gasteiger partial charge in [0.15, 0.2) is 0 Å². The maximum absolute atomic E-state index is 13.3. The zero-order valence-electron chi connectivity index (χ0n) is 10.6. The zero-order chi connectivity index (χ0) is 14.4. The van der Waals surface area contributed by atoms with Gasteiger partial charge >= 0.3 is 12.0 Å². The standard InChI is InChI=1S/C12H14F2N2O3/c1-3-19-11(17)7-16(2)12(18)15-10-5-4-8(13)6-9(10)14/h4-6H,3,7H2,1-2H3,(H,15,18). The number of nitrogens with one attached hydrogen (secondary N) is 1. The van der Waals surface area contributed by atoms with Crippen molar-refractivity contribution in [3.05, 3.63) is 29.8 Å². The molecule has 0 bridgehead atoms. The van der Waals surface area contributed by atoms with Crippen LogP contribution in [0.15, 0.2) is 18.2 Å². The second-order valence-corrected chi connectivity index (χ2v) is 3.72. The van der Waals surface area contributed by atoms with E-state index in [0.29, 0.717) is 6.07 Å². The monoisotopic (exact) mass is 272 g/mol. The van der Waals surface area contributed by atoms with E-state index in [2.05, 4.69) is 10.1 Å². The minimum absolute atomic E-state index is 0.165. The molecule has 0 aliphatic heterocycles. The van der Waals surface area contributed by atoms with Gasteiger partial charge in [-0.1, -0.05) is 0 Å². The van der Waals surface area contributed by atoms with Crippen molar-refractivity contribution in [2.75, 3.05) is 25.5 Å². The molecule has 2 amide bonds. The van der Waals surface area contributed by atoms with E-state index in [9.17, 15) is 18.4 Å². The molecule has 0 spiro atoms. The first-order chi connectivity index (χ1) is 8.93. The van der Waals surface area contributed by atoms with Crippen molar-refractivity contribution in [2.24, 2.45) is 0 Å². The van der Waals surface area contributed by atoms with Crippen molar-refractivity contribution in [1.82, 2.24) is 4.90 Å². The smallest absolute Gasteiger partial charge is 0.325 e. The summed E-state index contributed by atoms with van der Waals surface area (Å²) in [6.45, 7) is 1.59. The number of amides is 2. The minimum atomic E-state index is -0.891. The van der Waals surface area contributed by atoms with Crippen molar-refractivity contribution in [1.29, 1.82) is 0 Å². The highest BCUT2D eigenvalue weighted by Gasteiger charge is 2.15. The Kier molecular flexibility index (Phi) is 5.23. The number of rotatable bonds is 4. The van der Waals surface area contributed by atoms with Crippen LogP contribution in [0.1, 0.15) is 6.92 Å². The van der Waals surface area contributed by atoms with E-state index in [1.165, 1.54) is 7.05 Å². The number of urea groups is 1. The van der Waals surface area contributed by atoms with E-state index >= 15 is 0 Å². The Balaban J connectivity index is 2.61. The highest BCUT2D eigenvalue weighted by molar-refractivity contribution is 5.91. The first kappa shape index (κ1) is 14.9. The van der Waals surface area contributed by atoms with Gasteiger partial charge in [-0.3, -0.25) is 4.79 Å². The van der Waals surface area contributed by atoms with Crippen molar-refractivity contribution < 1.29 is 23.1 Å². The van der Waals surface area contributed by atoms with Crippen LogP contribution in [0, 0.1) is 11.6 Å². The van der Waals surface area contributed by atoms with Crippen LogP contribution in [0.4, 0.5) is 19.3 Å². The maximum atomic E-state index is 13.3. The van der Waals surface area contributed by atoms with Gasteiger partial charge in [-0.15, -0.1) is 0 Å². The summed E-state index contributed by atoms with van der Waals surface area (Å²) in [5.41, 5.74) is -0.165. The zero-order valence-corrected chi connectivity index (χ0v) is 10.6. The molecule has 0 heterocycles. The summed E-state index contributed by atoms with van der Waals surface area (Å²) >= 11 is 0. The molecule has 1 aromatic carbocycles. The number of nitrogens with zero attached hydrogens (tertiary/aromatic N) is 1. The van der Waals surface area contributed by atoms with E-state index in [0.717, 1.165) is 17.0 Å². The molecule has 1 rings (SSSR count). The lowest BCUT2D eigenvalue weighted by molar-refractivity contribution is -0.143. The number of benzene rings is 1. The van der Waals surface area contributed by atoms with Crippen LogP contribution in [-0.4, -0.2) is 37.1 Å². The molecule has 1 N–H and O–H groups in total. The number of carbonyl (C=O) groups is 2. The fourth-order valence-corrected chi connectivity index (χ4v) is 1.27. The molecule has 0 atom stereocenters. The lowest BCUT2D eigenvalue weighted by Gasteiger charge is -2.17. The third-order valence-corrected chi connectivity index (χ3v) is 2.19. The topological polar surface area (TPSA) is 58.6 Å². The van der Waals surface area contributed by atoms with Crippen molar-refractivity contribution in [2.45, 2.75) is 6.92 Å². The molecule has 0 aromatic heterocycles. The minimum Gasteiger partial charge on any atom is -0.465 e. The SMILES string of the molecule is CCOC(=O)CN(C)C(=O)Nc1ccc(F)cc1F. The Bertz CT molecular complexity index is 480. The second-order valence-electron chi connectivity index (χ2n) is 3.72. The average molecular weight is 272 g/mol. The summed E-state index contributed by atoms with van der Waals surface area (Å²) in [4.78, 5) is 23.8. The number of likely N-dealkylation sites (N-methyl/N-ethyl adjacent to an activating group) is 1. The summed E-state index contributed by atoms with van der Waals surface area (Å²) in [6.07, 6.45) is 0. The fraction of sp³-hybridized carbons (Fsp3) is 0.333. The molecule has 104 valence electrons. The van der Waals surface area contributed by atoms with Crippen LogP contribution in [0.5, 0.6) is 0 Å². The number of halogens is 2. The lowest BCUT2D eigenvalue weighted by atomic mass is 10.3. The molecule has 0 unspecified atom stereocenters. The van der Waals surface area contributed by atoms with E-state index in [4.69, 9.17) is 0 Å². The molecule has 0 saturated heterocycles. The summed E-state index contributed by atoms with van der Waals surface area (Å²) in [5, 5.41) is 2.22. The molecule has 0 radical (unpaired) electrons. The predicted octanol–water partition coefficient (Wildman–Crippen LogP) is 1.99. The second kappa shape index (κ2) is 6.67. The van der Waals surface area contributed by atoms with Crippen LogP contribution in [0.3, 0.4) is 0 Å². The number of ether oxygens (including phenoxy) is 1. The van der Waals surface area contributed by atoms with Gasteiger partial charge in [0.25, 0.3) is 0 Å². The Morgan fingerprint density at radius 3 is 2.63 bits per heavy atom. The molecule has 0 aliphatic carbocycles. The van der Waals surface area contributed by atoms with Gasteiger partial charge in [-0.05, 0) is 19.1 Å². The molecule has 1 aromatic rings. The van der Waals surface area contributed by atoms with Crippen LogP contribution in [-0.2, 0) is 9.53 Å². The Morgan fingerprint density at radius 2 is 2.05 bits per heavy atom. The van der Waals surface area contributed by atoms with Gasteiger partial charge in [0.2, 0.25) is 0 Å². The molecular weight excluding hydrogens is 258 g/mol. The Hall–Kier alpha value is -2.18. The molecule has 0 saturated carbocycles. The number of anilines is 1. The Morgan fingerprint density at radius 1 is 1.37 bits per heavy atom. The van der Waals surface area contributed by atoms with Gasteiger partial charge in [0, 0.05) is 13.1 Å². The van der Waals surface area contributed by atoms with E-state index in [1.54, 1.807) is 6.92 Å². The van der Waals surface area contributed by atoms with Gasteiger partial charge in [0.05, 0.1) is 12.3 Å². The molecule has 7 heteroatoms. The molecule has 0 aliphatic rings. The highest BCUT2D eigenvalue weighted by Crippen LogP contribution is 2.15. The summed E-state index contributed by atoms with van der Waals surface area (Å²) < 4.78 is 30.6.